The van der Waals surface area contributed by atoms with Crippen molar-refractivity contribution in [2.75, 3.05) is 38.2 Å². The van der Waals surface area contributed by atoms with Gasteiger partial charge >= 0.3 is 5.97 Å². The van der Waals surface area contributed by atoms with Crippen LogP contribution in [0.2, 0.25) is 5.02 Å². The number of carbonyl (C=O) groups is 2. The second-order valence-corrected chi connectivity index (χ2v) is 12.1. The number of benzene rings is 2. The summed E-state index contributed by atoms with van der Waals surface area (Å²) in [6.07, 6.45) is 6.03. The van der Waals surface area contributed by atoms with Gasteiger partial charge in [-0.25, -0.2) is 4.79 Å². The molecule has 9 heteroatoms. The lowest BCUT2D eigenvalue weighted by atomic mass is 9.70. The summed E-state index contributed by atoms with van der Waals surface area (Å²) in [6, 6.07) is 11.1. The van der Waals surface area contributed by atoms with Gasteiger partial charge < -0.3 is 29.9 Å². The average molecular weight is 629 g/mol. The van der Waals surface area contributed by atoms with Crippen LogP contribution in [-0.4, -0.2) is 71.5 Å². The number of nitrogens with zero attached hydrogens (tertiary/aromatic N) is 2. The summed E-state index contributed by atoms with van der Waals surface area (Å²) in [6.45, 7) is 10.1. The lowest BCUT2D eigenvalue weighted by Crippen LogP contribution is -2.44. The standard InChI is InChI=1S/C33H43ClN2O6.C2H6/c1-4-7-22-16-26(34)11-13-27(22)25-19-36(29-17-23(32(39)33(40)41)10-14-31(29)42-20-25)18-24-9-12-28(24)30(38)8-5-6-15-35(3)21(2)37;1-2/h5,8,10-11,13-14,16-17,24-25,28,30,32,38-39H,4,6-7,9,12,15,18-20H2,1-3H3,(H,40,41);1-2H3/b8-5+;. The highest BCUT2D eigenvalue weighted by atomic mass is 35.5. The molecule has 242 valence electrons. The molecular formula is C35H49ClN2O6. The van der Waals surface area contributed by atoms with Crippen molar-refractivity contribution in [1.29, 1.82) is 0 Å². The molecule has 8 nitrogen and oxygen atoms in total. The van der Waals surface area contributed by atoms with Crippen molar-refractivity contribution < 1.29 is 29.6 Å². The van der Waals surface area contributed by atoms with E-state index in [2.05, 4.69) is 17.9 Å². The molecule has 0 aromatic heterocycles. The average Bonchev–Trinajstić information content (AvgIpc) is 3.17. The van der Waals surface area contributed by atoms with Gasteiger partial charge in [-0.3, -0.25) is 4.79 Å². The lowest BCUT2D eigenvalue weighted by molar-refractivity contribution is -0.147. The van der Waals surface area contributed by atoms with Crippen LogP contribution >= 0.6 is 11.6 Å². The van der Waals surface area contributed by atoms with E-state index in [1.165, 1.54) is 18.1 Å². The molecule has 2 aromatic carbocycles. The Morgan fingerprint density at radius 1 is 1.16 bits per heavy atom. The number of anilines is 1. The van der Waals surface area contributed by atoms with Crippen molar-refractivity contribution in [3.8, 4) is 5.75 Å². The predicted octanol–water partition coefficient (Wildman–Crippen LogP) is 6.23. The molecule has 1 amide bonds. The maximum Gasteiger partial charge on any atom is 0.337 e. The van der Waals surface area contributed by atoms with Crippen LogP contribution in [0.3, 0.4) is 0 Å². The summed E-state index contributed by atoms with van der Waals surface area (Å²) < 4.78 is 6.32. The third-order valence-electron chi connectivity index (χ3n) is 8.69. The smallest absolute Gasteiger partial charge is 0.337 e. The molecule has 5 unspecified atom stereocenters. The van der Waals surface area contributed by atoms with Crippen LogP contribution in [0.5, 0.6) is 5.75 Å². The molecule has 3 N–H and O–H groups in total. The zero-order chi connectivity index (χ0) is 32.4. The number of carboxylic acids is 1. The number of aliphatic hydroxyl groups is 2. The van der Waals surface area contributed by atoms with Gasteiger partial charge in [-0.1, -0.05) is 63.1 Å². The Labute approximate surface area is 267 Å². The first-order valence-electron chi connectivity index (χ1n) is 15.9. The van der Waals surface area contributed by atoms with Crippen LogP contribution in [0, 0.1) is 11.8 Å². The molecule has 1 saturated carbocycles. The molecule has 1 aliphatic carbocycles. The summed E-state index contributed by atoms with van der Waals surface area (Å²) in [4.78, 5) is 26.9. The summed E-state index contributed by atoms with van der Waals surface area (Å²) in [7, 11) is 1.76. The molecule has 0 bridgehead atoms. The van der Waals surface area contributed by atoms with Crippen molar-refractivity contribution in [1.82, 2.24) is 4.90 Å². The minimum atomic E-state index is -1.63. The number of aryl methyl sites for hydroxylation is 1. The number of aliphatic hydroxyl groups excluding tert-OH is 2. The highest BCUT2D eigenvalue weighted by Crippen LogP contribution is 2.43. The quantitative estimate of drug-likeness (QED) is 0.239. The molecule has 4 rings (SSSR count). The van der Waals surface area contributed by atoms with Gasteiger partial charge in [0.1, 0.15) is 5.75 Å². The SMILES string of the molecule is CC.CCCc1cc(Cl)ccc1C1COc2ccc(C(O)C(=O)O)cc2N(CC2CCC2C(O)/C=C/CCN(C)C(C)=O)C1. The maximum atomic E-state index is 11.6. The normalized spacial score (nSPS) is 20.7. The van der Waals surface area contributed by atoms with Crippen LogP contribution in [-0.2, 0) is 16.0 Å². The van der Waals surface area contributed by atoms with E-state index in [-0.39, 0.29) is 23.7 Å². The van der Waals surface area contributed by atoms with Gasteiger partial charge in [-0.05, 0) is 78.5 Å². The van der Waals surface area contributed by atoms with Crippen molar-refractivity contribution in [2.45, 2.75) is 77.9 Å². The summed E-state index contributed by atoms with van der Waals surface area (Å²) in [5.74, 6) is -0.270. The van der Waals surface area contributed by atoms with Crippen LogP contribution in [0.25, 0.3) is 0 Å². The Morgan fingerprint density at radius 3 is 2.55 bits per heavy atom. The molecule has 1 aliphatic heterocycles. The molecular weight excluding hydrogens is 580 g/mol. The van der Waals surface area contributed by atoms with Crippen molar-refractivity contribution >= 4 is 29.2 Å². The highest BCUT2D eigenvalue weighted by molar-refractivity contribution is 6.30. The van der Waals surface area contributed by atoms with Gasteiger partial charge in [0.25, 0.3) is 0 Å². The fourth-order valence-corrected chi connectivity index (χ4v) is 6.20. The second kappa shape index (κ2) is 16.8. The Bertz CT molecular complexity index is 1280. The van der Waals surface area contributed by atoms with E-state index in [1.807, 2.05) is 38.1 Å². The van der Waals surface area contributed by atoms with E-state index in [4.69, 9.17) is 16.3 Å². The summed E-state index contributed by atoms with van der Waals surface area (Å²) in [5, 5.41) is 31.4. The van der Waals surface area contributed by atoms with E-state index in [1.54, 1.807) is 30.1 Å². The Morgan fingerprint density at radius 2 is 1.91 bits per heavy atom. The van der Waals surface area contributed by atoms with Gasteiger partial charge in [0, 0.05) is 44.5 Å². The molecule has 2 aliphatic rings. The highest BCUT2D eigenvalue weighted by Gasteiger charge is 2.38. The first kappa shape index (κ1) is 35.4. The Balaban J connectivity index is 0.00000259. The van der Waals surface area contributed by atoms with Crippen LogP contribution < -0.4 is 9.64 Å². The number of fused-ring (bicyclic) bond motifs is 1. The zero-order valence-electron chi connectivity index (χ0n) is 26.7. The number of hydrogen-bond acceptors (Lipinski definition) is 6. The minimum absolute atomic E-state index is 0.0162. The number of halogens is 1. The fourth-order valence-electron chi connectivity index (χ4n) is 6.00. The van der Waals surface area contributed by atoms with E-state index in [0.717, 1.165) is 31.4 Å². The van der Waals surface area contributed by atoms with Crippen LogP contribution in [0.4, 0.5) is 5.69 Å². The molecule has 1 fully saturated rings. The van der Waals surface area contributed by atoms with Gasteiger partial charge in [-0.15, -0.1) is 0 Å². The number of carbonyl (C=O) groups excluding carboxylic acids is 1. The largest absolute Gasteiger partial charge is 0.491 e. The predicted molar refractivity (Wildman–Crippen MR) is 176 cm³/mol. The third-order valence-corrected chi connectivity index (χ3v) is 8.93. The number of ether oxygens (including phenoxy) is 1. The van der Waals surface area contributed by atoms with Crippen LogP contribution in [0.15, 0.2) is 48.6 Å². The number of amides is 1. The number of aliphatic carboxylic acids is 1. The second-order valence-electron chi connectivity index (χ2n) is 11.6. The van der Waals surface area contributed by atoms with Crippen molar-refractivity contribution in [2.24, 2.45) is 11.8 Å². The molecule has 1 heterocycles. The molecule has 2 aromatic rings. The Hall–Kier alpha value is -3.07. The molecule has 44 heavy (non-hydrogen) atoms. The van der Waals surface area contributed by atoms with Crippen LogP contribution in [0.1, 0.15) is 82.1 Å². The van der Waals surface area contributed by atoms with Gasteiger partial charge in [0.05, 0.1) is 18.4 Å². The zero-order valence-corrected chi connectivity index (χ0v) is 27.5. The first-order valence-corrected chi connectivity index (χ1v) is 16.2. The number of rotatable bonds is 12. The van der Waals surface area contributed by atoms with Crippen molar-refractivity contribution in [3.05, 3.63) is 70.3 Å². The Kier molecular flexibility index (Phi) is 13.6. The molecule has 5 atom stereocenters. The van der Waals surface area contributed by atoms with E-state index in [0.29, 0.717) is 49.0 Å². The summed E-state index contributed by atoms with van der Waals surface area (Å²) >= 11 is 6.35. The molecule has 0 radical (unpaired) electrons. The third kappa shape index (κ3) is 8.99. The first-order chi connectivity index (χ1) is 21.1. The minimum Gasteiger partial charge on any atom is -0.491 e. The monoisotopic (exact) mass is 628 g/mol. The van der Waals surface area contributed by atoms with E-state index >= 15 is 0 Å². The van der Waals surface area contributed by atoms with E-state index < -0.39 is 18.2 Å². The maximum absolute atomic E-state index is 11.6. The topological polar surface area (TPSA) is 111 Å². The van der Waals surface area contributed by atoms with Gasteiger partial charge in [0.2, 0.25) is 5.91 Å². The number of carboxylic acid groups (broad SMARTS) is 1. The fraction of sp³-hybridized carbons (Fsp3) is 0.543. The van der Waals surface area contributed by atoms with E-state index in [9.17, 15) is 24.9 Å². The van der Waals surface area contributed by atoms with Crippen molar-refractivity contribution in [3.63, 3.8) is 0 Å². The lowest BCUT2D eigenvalue weighted by Gasteiger charge is -2.42. The summed E-state index contributed by atoms with van der Waals surface area (Å²) in [5.41, 5.74) is 3.44. The molecule has 0 spiro atoms. The van der Waals surface area contributed by atoms with Gasteiger partial charge in [-0.2, -0.15) is 0 Å². The van der Waals surface area contributed by atoms with Gasteiger partial charge in [0.15, 0.2) is 6.10 Å². The molecule has 0 saturated heterocycles. The number of hydrogen-bond donors (Lipinski definition) is 3.